The van der Waals surface area contributed by atoms with Gasteiger partial charge in [-0.05, 0) is 91.3 Å². The number of rotatable bonds is 0. The molecule has 4 aliphatic carbocycles. The Bertz CT molecular complexity index is 422. The lowest BCUT2D eigenvalue weighted by molar-refractivity contribution is -0.120. The van der Waals surface area contributed by atoms with Gasteiger partial charge in [0.25, 0.3) is 0 Å². The Morgan fingerprint density at radius 3 is 2.24 bits per heavy atom. The second-order valence-corrected chi connectivity index (χ2v) is 10.3. The van der Waals surface area contributed by atoms with Crippen molar-refractivity contribution in [1.29, 1.82) is 0 Å². The van der Waals surface area contributed by atoms with Crippen LogP contribution in [-0.2, 0) is 0 Å². The first kappa shape index (κ1) is 14.6. The molecule has 0 heteroatoms. The van der Waals surface area contributed by atoms with Crippen LogP contribution in [0.15, 0.2) is 0 Å². The van der Waals surface area contributed by atoms with Crippen molar-refractivity contribution in [2.75, 3.05) is 0 Å². The van der Waals surface area contributed by atoms with Crippen molar-refractivity contribution >= 4 is 0 Å². The molecule has 0 aromatic carbocycles. The summed E-state index contributed by atoms with van der Waals surface area (Å²) in [5, 5.41) is 0. The average Bonchev–Trinajstić information content (AvgIpc) is 2.69. The minimum absolute atomic E-state index is 0.590. The first-order valence-corrected chi connectivity index (χ1v) is 9.88. The lowest BCUT2D eigenvalue weighted by Gasteiger charge is -2.61. The van der Waals surface area contributed by atoms with Gasteiger partial charge in [-0.3, -0.25) is 0 Å². The van der Waals surface area contributed by atoms with Crippen molar-refractivity contribution < 1.29 is 0 Å². The molecular formula is C21H36. The standard InChI is InChI=1S/C21H36/c1-19(2)13-10-18-16-9-8-15-7-5-6-12-20(15,3)17(16)11-14-21(18,19)4/h15-18H,5-14H2,1-4H3/t15?,16-,17-,18+,20+,21+/m1/s1. The summed E-state index contributed by atoms with van der Waals surface area (Å²) in [7, 11) is 0. The summed E-state index contributed by atoms with van der Waals surface area (Å²) in [6, 6.07) is 0. The third-order valence-electron chi connectivity index (χ3n) is 9.60. The van der Waals surface area contributed by atoms with E-state index in [4.69, 9.17) is 0 Å². The van der Waals surface area contributed by atoms with E-state index in [0.717, 1.165) is 29.1 Å². The van der Waals surface area contributed by atoms with E-state index in [2.05, 4.69) is 27.7 Å². The van der Waals surface area contributed by atoms with Gasteiger partial charge in [-0.25, -0.2) is 0 Å². The predicted molar refractivity (Wildman–Crippen MR) is 90.1 cm³/mol. The van der Waals surface area contributed by atoms with E-state index < -0.39 is 0 Å². The zero-order valence-electron chi connectivity index (χ0n) is 14.9. The summed E-state index contributed by atoms with van der Waals surface area (Å²) in [6.07, 6.45) is 15.4. The van der Waals surface area contributed by atoms with E-state index in [1.165, 1.54) is 32.1 Å². The minimum Gasteiger partial charge on any atom is -0.0594 e. The van der Waals surface area contributed by atoms with Gasteiger partial charge >= 0.3 is 0 Å². The highest BCUT2D eigenvalue weighted by molar-refractivity contribution is 5.10. The van der Waals surface area contributed by atoms with Crippen LogP contribution < -0.4 is 0 Å². The second kappa shape index (κ2) is 4.51. The van der Waals surface area contributed by atoms with Crippen molar-refractivity contribution in [2.24, 2.45) is 39.9 Å². The Balaban J connectivity index is 1.66. The van der Waals surface area contributed by atoms with Crippen LogP contribution in [0.3, 0.4) is 0 Å². The van der Waals surface area contributed by atoms with E-state index >= 15 is 0 Å². The van der Waals surface area contributed by atoms with Gasteiger partial charge in [0, 0.05) is 0 Å². The summed E-state index contributed by atoms with van der Waals surface area (Å²) in [5.41, 5.74) is 1.95. The molecule has 4 rings (SSSR count). The largest absolute Gasteiger partial charge is 0.0594 e. The third-order valence-corrected chi connectivity index (χ3v) is 9.60. The molecule has 0 aliphatic heterocycles. The highest BCUT2D eigenvalue weighted by atomic mass is 14.7. The van der Waals surface area contributed by atoms with Gasteiger partial charge in [-0.15, -0.1) is 0 Å². The average molecular weight is 289 g/mol. The van der Waals surface area contributed by atoms with Crippen molar-refractivity contribution in [3.05, 3.63) is 0 Å². The highest BCUT2D eigenvalue weighted by Crippen LogP contribution is 2.70. The van der Waals surface area contributed by atoms with E-state index in [-0.39, 0.29) is 0 Å². The predicted octanol–water partition coefficient (Wildman–Crippen LogP) is 6.45. The molecule has 0 aromatic rings. The Kier molecular flexibility index (Phi) is 3.13. The molecule has 0 spiro atoms. The Hall–Kier alpha value is 0. The second-order valence-electron chi connectivity index (χ2n) is 10.3. The number of hydrogen-bond acceptors (Lipinski definition) is 0. The quantitative estimate of drug-likeness (QED) is 0.481. The molecule has 120 valence electrons. The van der Waals surface area contributed by atoms with Crippen molar-refractivity contribution in [3.8, 4) is 0 Å². The number of hydrogen-bond donors (Lipinski definition) is 0. The van der Waals surface area contributed by atoms with Crippen LogP contribution in [0.4, 0.5) is 0 Å². The summed E-state index contributed by atoms with van der Waals surface area (Å²) in [6.45, 7) is 10.5. The monoisotopic (exact) mass is 288 g/mol. The van der Waals surface area contributed by atoms with Crippen LogP contribution in [0.5, 0.6) is 0 Å². The molecule has 21 heavy (non-hydrogen) atoms. The Labute approximate surface area is 132 Å². The van der Waals surface area contributed by atoms with Crippen molar-refractivity contribution in [1.82, 2.24) is 0 Å². The molecule has 6 atom stereocenters. The minimum atomic E-state index is 0.590. The van der Waals surface area contributed by atoms with Crippen LogP contribution in [0.2, 0.25) is 0 Å². The van der Waals surface area contributed by atoms with Crippen molar-refractivity contribution in [2.45, 2.75) is 91.9 Å². The lowest BCUT2D eigenvalue weighted by atomic mass is 9.44. The van der Waals surface area contributed by atoms with E-state index in [9.17, 15) is 0 Å². The van der Waals surface area contributed by atoms with Crippen LogP contribution in [0, 0.1) is 39.9 Å². The summed E-state index contributed by atoms with van der Waals surface area (Å²) >= 11 is 0. The SMILES string of the molecule is CC1(C)CC[C@H]2[C@@H]3CCC4CCCC[C@]4(C)[C@@H]3CC[C@@]21C. The molecule has 0 saturated heterocycles. The van der Waals surface area contributed by atoms with Crippen LogP contribution in [0.25, 0.3) is 0 Å². The Morgan fingerprint density at radius 2 is 1.43 bits per heavy atom. The van der Waals surface area contributed by atoms with Crippen LogP contribution >= 0.6 is 0 Å². The van der Waals surface area contributed by atoms with Gasteiger partial charge < -0.3 is 0 Å². The molecule has 0 nitrogen and oxygen atoms in total. The number of fused-ring (bicyclic) bond motifs is 5. The first-order valence-electron chi connectivity index (χ1n) is 9.88. The smallest absolute Gasteiger partial charge is 0.0243 e. The third kappa shape index (κ3) is 1.80. The summed E-state index contributed by atoms with van der Waals surface area (Å²) in [4.78, 5) is 0. The maximum absolute atomic E-state index is 2.70. The molecule has 4 aliphatic rings. The van der Waals surface area contributed by atoms with Gasteiger partial charge in [0.1, 0.15) is 0 Å². The highest BCUT2D eigenvalue weighted by Gasteiger charge is 2.61. The van der Waals surface area contributed by atoms with E-state index in [1.807, 2.05) is 0 Å². The Morgan fingerprint density at radius 1 is 0.667 bits per heavy atom. The molecular weight excluding hydrogens is 252 g/mol. The fourth-order valence-electron chi connectivity index (χ4n) is 7.79. The maximum atomic E-state index is 2.70. The fraction of sp³-hybridized carbons (Fsp3) is 1.00. The molecule has 0 radical (unpaired) electrons. The molecule has 0 amide bonds. The molecule has 1 unspecified atom stereocenters. The van der Waals surface area contributed by atoms with Gasteiger partial charge in [0.2, 0.25) is 0 Å². The van der Waals surface area contributed by atoms with Gasteiger partial charge in [0.05, 0.1) is 0 Å². The van der Waals surface area contributed by atoms with Crippen LogP contribution in [0.1, 0.15) is 91.9 Å². The molecule has 4 saturated carbocycles. The van der Waals surface area contributed by atoms with Crippen molar-refractivity contribution in [3.63, 3.8) is 0 Å². The van der Waals surface area contributed by atoms with E-state index in [1.54, 1.807) is 32.1 Å². The van der Waals surface area contributed by atoms with E-state index in [0.29, 0.717) is 10.8 Å². The van der Waals surface area contributed by atoms with Crippen LogP contribution in [-0.4, -0.2) is 0 Å². The topological polar surface area (TPSA) is 0 Å². The lowest BCUT2D eigenvalue weighted by Crippen LogP contribution is -2.53. The molecule has 0 N–H and O–H groups in total. The summed E-state index contributed by atoms with van der Waals surface area (Å²) in [5.74, 6) is 4.27. The fourth-order valence-corrected chi connectivity index (χ4v) is 7.79. The summed E-state index contributed by atoms with van der Waals surface area (Å²) < 4.78 is 0. The first-order chi connectivity index (χ1) is 9.88. The zero-order chi connectivity index (χ0) is 14.9. The normalized spacial score (nSPS) is 55.4. The maximum Gasteiger partial charge on any atom is -0.0243 e. The zero-order valence-corrected chi connectivity index (χ0v) is 14.9. The molecule has 0 bridgehead atoms. The van der Waals surface area contributed by atoms with Gasteiger partial charge in [-0.1, -0.05) is 40.5 Å². The molecule has 4 fully saturated rings. The van der Waals surface area contributed by atoms with Gasteiger partial charge in [-0.2, -0.15) is 0 Å². The molecule has 0 heterocycles. The van der Waals surface area contributed by atoms with Gasteiger partial charge in [0.15, 0.2) is 0 Å². The molecule has 0 aromatic heterocycles.